The summed E-state index contributed by atoms with van der Waals surface area (Å²) in [5, 5.41) is 3.42. The Morgan fingerprint density at radius 1 is 1.35 bits per heavy atom. The molecule has 1 aliphatic rings. The molecule has 1 aromatic rings. The van der Waals surface area contributed by atoms with Gasteiger partial charge in [-0.1, -0.05) is 6.92 Å². The second kappa shape index (κ2) is 7.70. The number of hydrogen-bond donors (Lipinski definition) is 1. The molecule has 0 spiro atoms. The molecule has 0 amide bonds. The van der Waals surface area contributed by atoms with Crippen LogP contribution in [0.1, 0.15) is 38.2 Å². The van der Waals surface area contributed by atoms with Gasteiger partial charge >= 0.3 is 0 Å². The second-order valence-corrected chi connectivity index (χ2v) is 5.41. The van der Waals surface area contributed by atoms with Crippen molar-refractivity contribution < 1.29 is 13.5 Å². The van der Waals surface area contributed by atoms with Crippen LogP contribution >= 0.6 is 0 Å². The van der Waals surface area contributed by atoms with E-state index in [1.165, 1.54) is 12.1 Å². The molecular weight excluding hydrogens is 260 g/mol. The van der Waals surface area contributed by atoms with Crippen molar-refractivity contribution in [3.63, 3.8) is 0 Å². The predicted molar refractivity (Wildman–Crippen MR) is 75.7 cm³/mol. The zero-order chi connectivity index (χ0) is 14.4. The molecule has 0 aliphatic carbocycles. The summed E-state index contributed by atoms with van der Waals surface area (Å²) in [6, 6.07) is 3.69. The van der Waals surface area contributed by atoms with Crippen LogP contribution in [0.2, 0.25) is 0 Å². The first kappa shape index (κ1) is 15.4. The number of hydrogen-bond acceptors (Lipinski definition) is 2. The summed E-state index contributed by atoms with van der Waals surface area (Å²) in [6.07, 6.45) is 4.78. The molecule has 0 aromatic heterocycles. The maximum Gasteiger partial charge on any atom is 0.126 e. The maximum atomic E-state index is 13.8. The van der Waals surface area contributed by atoms with Gasteiger partial charge in [0, 0.05) is 12.6 Å². The quantitative estimate of drug-likeness (QED) is 0.863. The van der Waals surface area contributed by atoms with Crippen molar-refractivity contribution in [2.45, 2.75) is 51.2 Å². The minimum atomic E-state index is -0.389. The van der Waals surface area contributed by atoms with Crippen LogP contribution in [0.3, 0.4) is 0 Å². The van der Waals surface area contributed by atoms with Crippen molar-refractivity contribution in [1.82, 2.24) is 5.32 Å². The minimum absolute atomic E-state index is 0.0477. The molecule has 2 atom stereocenters. The van der Waals surface area contributed by atoms with Gasteiger partial charge in [0.1, 0.15) is 11.6 Å². The monoisotopic (exact) mass is 283 g/mol. The number of ether oxygens (including phenoxy) is 1. The van der Waals surface area contributed by atoms with Crippen molar-refractivity contribution in [3.05, 3.63) is 35.4 Å². The topological polar surface area (TPSA) is 21.3 Å². The van der Waals surface area contributed by atoms with Gasteiger partial charge in [-0.25, -0.2) is 8.78 Å². The lowest BCUT2D eigenvalue weighted by Gasteiger charge is -2.31. The van der Waals surface area contributed by atoms with E-state index in [9.17, 15) is 8.78 Å². The van der Waals surface area contributed by atoms with Gasteiger partial charge in [-0.2, -0.15) is 0 Å². The summed E-state index contributed by atoms with van der Waals surface area (Å²) < 4.78 is 32.9. The van der Waals surface area contributed by atoms with E-state index in [2.05, 4.69) is 12.2 Å². The van der Waals surface area contributed by atoms with Crippen LogP contribution < -0.4 is 5.32 Å². The van der Waals surface area contributed by atoms with E-state index in [-0.39, 0.29) is 23.8 Å². The standard InChI is InChI=1S/C16H23F2NO/c1-2-8-19-15(16-5-3-4-9-20-16)11-12-10-13(17)6-7-14(12)18/h6-7,10,15-16,19H,2-5,8-9,11H2,1H3. The molecule has 1 heterocycles. The lowest BCUT2D eigenvalue weighted by atomic mass is 9.95. The Labute approximate surface area is 119 Å². The molecule has 1 saturated heterocycles. The maximum absolute atomic E-state index is 13.8. The molecule has 112 valence electrons. The van der Waals surface area contributed by atoms with E-state index < -0.39 is 0 Å². The van der Waals surface area contributed by atoms with Crippen molar-refractivity contribution in [1.29, 1.82) is 0 Å². The van der Waals surface area contributed by atoms with E-state index in [1.807, 2.05) is 0 Å². The fourth-order valence-corrected chi connectivity index (χ4v) is 2.68. The molecule has 1 aliphatic heterocycles. The highest BCUT2D eigenvalue weighted by Crippen LogP contribution is 2.20. The highest BCUT2D eigenvalue weighted by atomic mass is 19.1. The molecule has 1 fully saturated rings. The molecule has 0 bridgehead atoms. The average Bonchev–Trinajstić information content (AvgIpc) is 2.48. The summed E-state index contributed by atoms with van der Waals surface area (Å²) in [5.74, 6) is -0.731. The van der Waals surface area contributed by atoms with Crippen LogP contribution in [-0.2, 0) is 11.2 Å². The van der Waals surface area contributed by atoms with Crippen molar-refractivity contribution in [2.24, 2.45) is 0 Å². The minimum Gasteiger partial charge on any atom is -0.377 e. The molecule has 0 saturated carbocycles. The van der Waals surface area contributed by atoms with Gasteiger partial charge in [-0.15, -0.1) is 0 Å². The first-order valence-corrected chi connectivity index (χ1v) is 7.49. The van der Waals surface area contributed by atoms with Crippen molar-refractivity contribution >= 4 is 0 Å². The van der Waals surface area contributed by atoms with Gasteiger partial charge in [-0.05, 0) is 62.4 Å². The largest absolute Gasteiger partial charge is 0.377 e. The molecule has 4 heteroatoms. The first-order chi connectivity index (χ1) is 9.70. The zero-order valence-corrected chi connectivity index (χ0v) is 12.0. The van der Waals surface area contributed by atoms with Gasteiger partial charge in [0.25, 0.3) is 0 Å². The Morgan fingerprint density at radius 3 is 2.90 bits per heavy atom. The van der Waals surface area contributed by atoms with E-state index in [4.69, 9.17) is 4.74 Å². The molecule has 2 nitrogen and oxygen atoms in total. The van der Waals surface area contributed by atoms with Crippen LogP contribution in [0.15, 0.2) is 18.2 Å². The Kier molecular flexibility index (Phi) is 5.92. The second-order valence-electron chi connectivity index (χ2n) is 5.41. The van der Waals surface area contributed by atoms with Crippen LogP contribution in [0, 0.1) is 11.6 Å². The summed E-state index contributed by atoms with van der Waals surface area (Å²) in [4.78, 5) is 0. The smallest absolute Gasteiger partial charge is 0.126 e. The third-order valence-corrected chi connectivity index (χ3v) is 3.77. The molecule has 1 N–H and O–H groups in total. The first-order valence-electron chi connectivity index (χ1n) is 7.49. The highest BCUT2D eigenvalue weighted by molar-refractivity contribution is 5.20. The van der Waals surface area contributed by atoms with Crippen LogP contribution in [0.4, 0.5) is 8.78 Å². The van der Waals surface area contributed by atoms with Gasteiger partial charge in [-0.3, -0.25) is 0 Å². The zero-order valence-electron chi connectivity index (χ0n) is 12.0. The summed E-state index contributed by atoms with van der Waals surface area (Å²) in [6.45, 7) is 3.72. The fourth-order valence-electron chi connectivity index (χ4n) is 2.68. The van der Waals surface area contributed by atoms with Crippen LogP contribution in [0.25, 0.3) is 0 Å². The highest BCUT2D eigenvalue weighted by Gasteiger charge is 2.25. The van der Waals surface area contributed by atoms with Gasteiger partial charge < -0.3 is 10.1 Å². The molecule has 2 rings (SSSR count). The molecule has 1 aromatic carbocycles. The molecule has 20 heavy (non-hydrogen) atoms. The van der Waals surface area contributed by atoms with E-state index in [0.29, 0.717) is 12.0 Å². The lowest BCUT2D eigenvalue weighted by molar-refractivity contribution is -0.00753. The van der Waals surface area contributed by atoms with Crippen LogP contribution in [0.5, 0.6) is 0 Å². The summed E-state index contributed by atoms with van der Waals surface area (Å²) in [5.41, 5.74) is 0.424. The predicted octanol–water partition coefficient (Wildman–Crippen LogP) is 3.44. The molecule has 0 radical (unpaired) electrons. The Hall–Kier alpha value is -1.00. The van der Waals surface area contributed by atoms with Crippen molar-refractivity contribution in [3.8, 4) is 0 Å². The van der Waals surface area contributed by atoms with Crippen LogP contribution in [-0.4, -0.2) is 25.3 Å². The molecular formula is C16H23F2NO. The third kappa shape index (κ3) is 4.25. The fraction of sp³-hybridized carbons (Fsp3) is 0.625. The van der Waals surface area contributed by atoms with E-state index in [0.717, 1.165) is 44.9 Å². The average molecular weight is 283 g/mol. The Morgan fingerprint density at radius 2 is 2.20 bits per heavy atom. The Balaban J connectivity index is 2.07. The third-order valence-electron chi connectivity index (χ3n) is 3.77. The summed E-state index contributed by atoms with van der Waals surface area (Å²) >= 11 is 0. The van der Waals surface area contributed by atoms with Gasteiger partial charge in [0.05, 0.1) is 6.10 Å². The van der Waals surface area contributed by atoms with E-state index >= 15 is 0 Å². The van der Waals surface area contributed by atoms with Gasteiger partial charge in [0.2, 0.25) is 0 Å². The summed E-state index contributed by atoms with van der Waals surface area (Å²) in [7, 11) is 0. The molecule has 2 unspecified atom stereocenters. The normalized spacial score (nSPS) is 20.9. The number of benzene rings is 1. The Bertz CT molecular complexity index is 419. The van der Waals surface area contributed by atoms with Gasteiger partial charge in [0.15, 0.2) is 0 Å². The number of halogens is 2. The van der Waals surface area contributed by atoms with Crippen molar-refractivity contribution in [2.75, 3.05) is 13.2 Å². The number of nitrogens with one attached hydrogen (secondary N) is 1. The SMILES string of the molecule is CCCNC(Cc1cc(F)ccc1F)C1CCCCO1. The lowest BCUT2D eigenvalue weighted by Crippen LogP contribution is -2.45. The number of rotatable bonds is 6. The van der Waals surface area contributed by atoms with E-state index in [1.54, 1.807) is 0 Å².